The molecule has 1 aliphatic rings. The van der Waals surface area contributed by atoms with Crippen molar-refractivity contribution in [2.45, 2.75) is 32.7 Å². The van der Waals surface area contributed by atoms with Crippen molar-refractivity contribution in [1.82, 2.24) is 5.01 Å². The zero-order chi connectivity index (χ0) is 18.7. The standard InChI is InChI=1S/C21H24N2O3/c1-5-21(24)23-18(16-10-11-19(25-3)20(12-16)26-4)13-17(22-23)15-8-6-14(2)7-9-15/h6-12,18H,5,13H2,1-4H3/t18-/m0/s1. The van der Waals surface area contributed by atoms with Crippen LogP contribution in [0.1, 0.15) is 42.5 Å². The Morgan fingerprint density at radius 2 is 1.81 bits per heavy atom. The molecule has 26 heavy (non-hydrogen) atoms. The summed E-state index contributed by atoms with van der Waals surface area (Å²) in [5, 5.41) is 6.25. The Hall–Kier alpha value is -2.82. The Bertz CT molecular complexity index is 828. The number of rotatable bonds is 5. The maximum Gasteiger partial charge on any atom is 0.242 e. The van der Waals surface area contributed by atoms with Gasteiger partial charge in [0.15, 0.2) is 11.5 Å². The third-order valence-corrected chi connectivity index (χ3v) is 4.65. The Balaban J connectivity index is 1.96. The van der Waals surface area contributed by atoms with Gasteiger partial charge in [-0.25, -0.2) is 5.01 Å². The number of hydrogen-bond donors (Lipinski definition) is 0. The first kappa shape index (κ1) is 18.0. The molecular weight excluding hydrogens is 328 g/mol. The quantitative estimate of drug-likeness (QED) is 0.814. The summed E-state index contributed by atoms with van der Waals surface area (Å²) < 4.78 is 10.7. The van der Waals surface area contributed by atoms with Crippen molar-refractivity contribution in [3.63, 3.8) is 0 Å². The smallest absolute Gasteiger partial charge is 0.242 e. The molecule has 0 fully saturated rings. The number of hydrazone groups is 1. The number of aryl methyl sites for hydroxylation is 1. The molecule has 136 valence electrons. The van der Waals surface area contributed by atoms with Crippen LogP contribution in [-0.4, -0.2) is 30.8 Å². The molecule has 0 spiro atoms. The van der Waals surface area contributed by atoms with E-state index in [9.17, 15) is 4.79 Å². The molecule has 1 atom stereocenters. The molecule has 0 N–H and O–H groups in total. The van der Waals surface area contributed by atoms with Crippen LogP contribution in [0.4, 0.5) is 0 Å². The van der Waals surface area contributed by atoms with Crippen LogP contribution in [0.15, 0.2) is 47.6 Å². The monoisotopic (exact) mass is 352 g/mol. The molecule has 0 saturated carbocycles. The molecule has 1 aliphatic heterocycles. The second-order valence-corrected chi connectivity index (χ2v) is 6.34. The fraction of sp³-hybridized carbons (Fsp3) is 0.333. The van der Waals surface area contributed by atoms with Crippen LogP contribution in [-0.2, 0) is 4.79 Å². The van der Waals surface area contributed by atoms with Gasteiger partial charge < -0.3 is 9.47 Å². The van der Waals surface area contributed by atoms with Crippen LogP contribution in [0.5, 0.6) is 11.5 Å². The molecule has 1 heterocycles. The summed E-state index contributed by atoms with van der Waals surface area (Å²) in [4.78, 5) is 12.5. The number of nitrogens with zero attached hydrogens (tertiary/aromatic N) is 2. The molecule has 0 aliphatic carbocycles. The van der Waals surface area contributed by atoms with Crippen LogP contribution < -0.4 is 9.47 Å². The van der Waals surface area contributed by atoms with Crippen LogP contribution in [0.25, 0.3) is 0 Å². The van der Waals surface area contributed by atoms with Gasteiger partial charge in [-0.2, -0.15) is 5.10 Å². The first-order chi connectivity index (χ1) is 12.6. The van der Waals surface area contributed by atoms with Gasteiger partial charge in [-0.15, -0.1) is 0 Å². The largest absolute Gasteiger partial charge is 0.493 e. The van der Waals surface area contributed by atoms with Gasteiger partial charge in [0.05, 0.1) is 26.0 Å². The van der Waals surface area contributed by atoms with E-state index in [0.717, 1.165) is 16.8 Å². The minimum atomic E-state index is -0.140. The lowest BCUT2D eigenvalue weighted by molar-refractivity contribution is -0.132. The molecule has 2 aromatic rings. The summed E-state index contributed by atoms with van der Waals surface area (Å²) in [7, 11) is 3.22. The van der Waals surface area contributed by atoms with Crippen LogP contribution in [0.2, 0.25) is 0 Å². The van der Waals surface area contributed by atoms with Gasteiger partial charge in [0.2, 0.25) is 5.91 Å². The second-order valence-electron chi connectivity index (χ2n) is 6.34. The van der Waals surface area contributed by atoms with Gasteiger partial charge >= 0.3 is 0 Å². The van der Waals surface area contributed by atoms with Crippen LogP contribution in [0, 0.1) is 6.92 Å². The van der Waals surface area contributed by atoms with Crippen LogP contribution >= 0.6 is 0 Å². The van der Waals surface area contributed by atoms with Gasteiger partial charge in [-0.05, 0) is 30.2 Å². The summed E-state index contributed by atoms with van der Waals surface area (Å²) in [6.07, 6.45) is 1.08. The van der Waals surface area contributed by atoms with Gasteiger partial charge in [-0.1, -0.05) is 42.8 Å². The Labute approximate surface area is 154 Å². The van der Waals surface area contributed by atoms with Gasteiger partial charge in [0, 0.05) is 12.8 Å². The molecule has 5 heteroatoms. The van der Waals surface area contributed by atoms with E-state index < -0.39 is 0 Å². The third-order valence-electron chi connectivity index (χ3n) is 4.65. The molecule has 0 saturated heterocycles. The summed E-state index contributed by atoms with van der Waals surface area (Å²) in [6.45, 7) is 3.91. The van der Waals surface area contributed by atoms with Crippen molar-refractivity contribution >= 4 is 11.6 Å². The molecule has 5 nitrogen and oxygen atoms in total. The summed E-state index contributed by atoms with van der Waals surface area (Å²) >= 11 is 0. The maximum atomic E-state index is 12.5. The topological polar surface area (TPSA) is 51.1 Å². The molecular formula is C21H24N2O3. The minimum Gasteiger partial charge on any atom is -0.493 e. The third kappa shape index (κ3) is 3.43. The van der Waals surface area contributed by atoms with Crippen molar-refractivity contribution in [3.8, 4) is 11.5 Å². The summed E-state index contributed by atoms with van der Waals surface area (Å²) in [5.74, 6) is 1.33. The number of benzene rings is 2. The minimum absolute atomic E-state index is 0.00639. The SMILES string of the molecule is CCC(=O)N1N=C(c2ccc(C)cc2)C[C@H]1c1ccc(OC)c(OC)c1. The molecule has 3 rings (SSSR count). The van der Waals surface area contributed by atoms with E-state index in [1.807, 2.05) is 25.1 Å². The van der Waals surface area contributed by atoms with Crippen molar-refractivity contribution < 1.29 is 14.3 Å². The predicted molar refractivity (Wildman–Crippen MR) is 102 cm³/mol. The lowest BCUT2D eigenvalue weighted by atomic mass is 9.97. The highest BCUT2D eigenvalue weighted by Gasteiger charge is 2.32. The number of ether oxygens (including phenoxy) is 2. The van der Waals surface area contributed by atoms with E-state index in [-0.39, 0.29) is 11.9 Å². The number of carbonyl (C=O) groups is 1. The van der Waals surface area contributed by atoms with Gasteiger partial charge in [0.1, 0.15) is 0 Å². The molecule has 2 aromatic carbocycles. The first-order valence-electron chi connectivity index (χ1n) is 8.75. The lowest BCUT2D eigenvalue weighted by Crippen LogP contribution is -2.26. The van der Waals surface area contributed by atoms with Crippen LogP contribution in [0.3, 0.4) is 0 Å². The number of hydrogen-bond acceptors (Lipinski definition) is 4. The average molecular weight is 352 g/mol. The number of carbonyl (C=O) groups excluding carboxylic acids is 1. The molecule has 0 bridgehead atoms. The second kappa shape index (κ2) is 7.60. The highest BCUT2D eigenvalue weighted by atomic mass is 16.5. The highest BCUT2D eigenvalue weighted by Crippen LogP contribution is 2.37. The van der Waals surface area contributed by atoms with E-state index in [1.165, 1.54) is 5.56 Å². The number of methoxy groups -OCH3 is 2. The van der Waals surface area contributed by atoms with E-state index in [0.29, 0.717) is 24.3 Å². The molecule has 0 radical (unpaired) electrons. The predicted octanol–water partition coefficient (Wildman–Crippen LogP) is 4.10. The maximum absolute atomic E-state index is 12.5. The Morgan fingerprint density at radius 1 is 1.12 bits per heavy atom. The molecule has 1 amide bonds. The zero-order valence-electron chi connectivity index (χ0n) is 15.7. The van der Waals surface area contributed by atoms with E-state index in [1.54, 1.807) is 19.2 Å². The molecule has 0 aromatic heterocycles. The van der Waals surface area contributed by atoms with Crippen molar-refractivity contribution in [1.29, 1.82) is 0 Å². The summed E-state index contributed by atoms with van der Waals surface area (Å²) in [5.41, 5.74) is 4.15. The Morgan fingerprint density at radius 3 is 2.42 bits per heavy atom. The Kier molecular flexibility index (Phi) is 5.26. The summed E-state index contributed by atoms with van der Waals surface area (Å²) in [6, 6.07) is 13.9. The number of amides is 1. The first-order valence-corrected chi connectivity index (χ1v) is 8.75. The highest BCUT2D eigenvalue weighted by molar-refractivity contribution is 6.03. The van der Waals surface area contributed by atoms with Crippen molar-refractivity contribution in [2.75, 3.05) is 14.2 Å². The van der Waals surface area contributed by atoms with Crippen molar-refractivity contribution in [3.05, 3.63) is 59.2 Å². The fourth-order valence-electron chi connectivity index (χ4n) is 3.14. The normalized spacial score (nSPS) is 16.4. The van der Waals surface area contributed by atoms with Crippen molar-refractivity contribution in [2.24, 2.45) is 5.10 Å². The lowest BCUT2D eigenvalue weighted by Gasteiger charge is -2.22. The van der Waals surface area contributed by atoms with E-state index in [2.05, 4.69) is 36.3 Å². The molecule has 0 unspecified atom stereocenters. The zero-order valence-corrected chi connectivity index (χ0v) is 15.7. The van der Waals surface area contributed by atoms with E-state index in [4.69, 9.17) is 9.47 Å². The van der Waals surface area contributed by atoms with E-state index >= 15 is 0 Å². The van der Waals surface area contributed by atoms with Gasteiger partial charge in [-0.3, -0.25) is 4.79 Å². The van der Waals surface area contributed by atoms with Gasteiger partial charge in [0.25, 0.3) is 0 Å². The fourth-order valence-corrected chi connectivity index (χ4v) is 3.14. The average Bonchev–Trinajstić information content (AvgIpc) is 3.12.